The number of nitrogens with one attached hydrogen (secondary N) is 1. The van der Waals surface area contributed by atoms with Gasteiger partial charge in [-0.1, -0.05) is 6.07 Å². The maximum atomic E-state index is 4.47. The molecule has 1 unspecified atom stereocenters. The van der Waals surface area contributed by atoms with E-state index < -0.39 is 0 Å². The SMILES string of the molecule is Cc1cc(C)n(CC(C)NCc2cccnc2)n1. The van der Waals surface area contributed by atoms with Crippen molar-refractivity contribution in [3.63, 3.8) is 0 Å². The van der Waals surface area contributed by atoms with Crippen LogP contribution in [0.15, 0.2) is 30.6 Å². The molecule has 0 aromatic carbocycles. The molecule has 4 heteroatoms. The third-order valence-corrected chi connectivity index (χ3v) is 2.93. The summed E-state index contributed by atoms with van der Waals surface area (Å²) in [6.07, 6.45) is 3.69. The molecule has 1 atom stereocenters. The molecule has 0 radical (unpaired) electrons. The molecule has 2 heterocycles. The third kappa shape index (κ3) is 3.40. The molecular weight excluding hydrogens is 224 g/mol. The average Bonchev–Trinajstić information content (AvgIpc) is 2.67. The number of rotatable bonds is 5. The van der Waals surface area contributed by atoms with Crippen LogP contribution < -0.4 is 5.32 Å². The summed E-state index contributed by atoms with van der Waals surface area (Å²) in [5.41, 5.74) is 3.49. The molecule has 0 saturated heterocycles. The van der Waals surface area contributed by atoms with E-state index in [1.165, 1.54) is 11.3 Å². The normalized spacial score (nSPS) is 12.6. The number of aromatic nitrogens is 3. The van der Waals surface area contributed by atoms with Crippen LogP contribution in [-0.2, 0) is 13.1 Å². The molecule has 0 fully saturated rings. The summed E-state index contributed by atoms with van der Waals surface area (Å²) in [6.45, 7) is 8.02. The van der Waals surface area contributed by atoms with Crippen molar-refractivity contribution in [2.75, 3.05) is 0 Å². The van der Waals surface area contributed by atoms with Gasteiger partial charge in [-0.25, -0.2) is 0 Å². The van der Waals surface area contributed by atoms with Gasteiger partial charge in [0.1, 0.15) is 0 Å². The van der Waals surface area contributed by atoms with Gasteiger partial charge in [0.05, 0.1) is 12.2 Å². The maximum Gasteiger partial charge on any atom is 0.0596 e. The van der Waals surface area contributed by atoms with Gasteiger partial charge in [-0.05, 0) is 38.5 Å². The van der Waals surface area contributed by atoms with Crippen LogP contribution in [0.3, 0.4) is 0 Å². The first-order valence-corrected chi connectivity index (χ1v) is 6.28. The van der Waals surface area contributed by atoms with E-state index in [2.05, 4.69) is 46.1 Å². The van der Waals surface area contributed by atoms with Gasteiger partial charge in [-0.3, -0.25) is 9.67 Å². The summed E-state index contributed by atoms with van der Waals surface area (Å²) < 4.78 is 2.05. The van der Waals surface area contributed by atoms with Crippen molar-refractivity contribution in [3.05, 3.63) is 47.5 Å². The first kappa shape index (κ1) is 12.8. The van der Waals surface area contributed by atoms with E-state index in [-0.39, 0.29) is 0 Å². The van der Waals surface area contributed by atoms with Crippen LogP contribution in [-0.4, -0.2) is 20.8 Å². The molecule has 18 heavy (non-hydrogen) atoms. The topological polar surface area (TPSA) is 42.7 Å². The Kier molecular flexibility index (Phi) is 4.10. The van der Waals surface area contributed by atoms with E-state index in [1.807, 2.05) is 19.2 Å². The minimum atomic E-state index is 0.378. The molecule has 96 valence electrons. The Morgan fingerprint density at radius 2 is 2.22 bits per heavy atom. The van der Waals surface area contributed by atoms with Gasteiger partial charge >= 0.3 is 0 Å². The highest BCUT2D eigenvalue weighted by atomic mass is 15.3. The minimum absolute atomic E-state index is 0.378. The molecular formula is C14H20N4. The fourth-order valence-corrected chi connectivity index (χ4v) is 1.98. The summed E-state index contributed by atoms with van der Waals surface area (Å²) in [5, 5.41) is 7.95. The maximum absolute atomic E-state index is 4.47. The van der Waals surface area contributed by atoms with Crippen LogP contribution in [0.2, 0.25) is 0 Å². The van der Waals surface area contributed by atoms with Crippen molar-refractivity contribution < 1.29 is 0 Å². The van der Waals surface area contributed by atoms with Gasteiger partial charge in [-0.2, -0.15) is 5.10 Å². The van der Waals surface area contributed by atoms with Gasteiger partial charge in [0, 0.05) is 30.7 Å². The number of hydrogen-bond donors (Lipinski definition) is 1. The van der Waals surface area contributed by atoms with Crippen molar-refractivity contribution in [2.24, 2.45) is 0 Å². The summed E-state index contributed by atoms with van der Waals surface area (Å²) in [4.78, 5) is 4.11. The molecule has 0 spiro atoms. The molecule has 0 bridgehead atoms. The highest BCUT2D eigenvalue weighted by Gasteiger charge is 2.06. The highest BCUT2D eigenvalue weighted by Crippen LogP contribution is 2.03. The van der Waals surface area contributed by atoms with Crippen LogP contribution in [0, 0.1) is 13.8 Å². The van der Waals surface area contributed by atoms with E-state index in [4.69, 9.17) is 0 Å². The smallest absolute Gasteiger partial charge is 0.0596 e. The standard InChI is InChI=1S/C14H20N4/c1-11-7-13(3)18(17-11)10-12(2)16-9-14-5-4-6-15-8-14/h4-8,12,16H,9-10H2,1-3H3. The molecule has 0 aliphatic heterocycles. The lowest BCUT2D eigenvalue weighted by molar-refractivity contribution is 0.444. The van der Waals surface area contributed by atoms with Gasteiger partial charge < -0.3 is 5.32 Å². The molecule has 0 aliphatic carbocycles. The van der Waals surface area contributed by atoms with E-state index in [9.17, 15) is 0 Å². The van der Waals surface area contributed by atoms with Crippen LogP contribution in [0.1, 0.15) is 23.9 Å². The molecule has 2 aromatic rings. The first-order chi connectivity index (χ1) is 8.65. The fraction of sp³-hybridized carbons (Fsp3) is 0.429. The van der Waals surface area contributed by atoms with Crippen LogP contribution >= 0.6 is 0 Å². The Balaban J connectivity index is 1.86. The summed E-state index contributed by atoms with van der Waals surface area (Å²) in [7, 11) is 0. The number of pyridine rings is 1. The minimum Gasteiger partial charge on any atom is -0.308 e. The molecule has 2 rings (SSSR count). The predicted molar refractivity (Wildman–Crippen MR) is 72.2 cm³/mol. The fourth-order valence-electron chi connectivity index (χ4n) is 1.98. The lowest BCUT2D eigenvalue weighted by atomic mass is 10.2. The Hall–Kier alpha value is -1.68. The largest absolute Gasteiger partial charge is 0.308 e. The van der Waals surface area contributed by atoms with Crippen molar-refractivity contribution >= 4 is 0 Å². The van der Waals surface area contributed by atoms with Gasteiger partial charge in [-0.15, -0.1) is 0 Å². The van der Waals surface area contributed by atoms with Crippen molar-refractivity contribution in [2.45, 2.75) is 39.9 Å². The third-order valence-electron chi connectivity index (χ3n) is 2.93. The average molecular weight is 244 g/mol. The van der Waals surface area contributed by atoms with Crippen molar-refractivity contribution in [1.29, 1.82) is 0 Å². The van der Waals surface area contributed by atoms with Gasteiger partial charge in [0.15, 0.2) is 0 Å². The van der Waals surface area contributed by atoms with E-state index in [1.54, 1.807) is 6.20 Å². The quantitative estimate of drug-likeness (QED) is 0.875. The Labute approximate surface area is 108 Å². The van der Waals surface area contributed by atoms with Crippen LogP contribution in [0.5, 0.6) is 0 Å². The second-order valence-electron chi connectivity index (χ2n) is 4.75. The Morgan fingerprint density at radius 1 is 1.39 bits per heavy atom. The molecule has 2 aromatic heterocycles. The van der Waals surface area contributed by atoms with Crippen LogP contribution in [0.25, 0.3) is 0 Å². The zero-order valence-corrected chi connectivity index (χ0v) is 11.2. The lowest BCUT2D eigenvalue weighted by Gasteiger charge is -2.14. The first-order valence-electron chi connectivity index (χ1n) is 6.28. The van der Waals surface area contributed by atoms with E-state index >= 15 is 0 Å². The van der Waals surface area contributed by atoms with Gasteiger partial charge in [0.25, 0.3) is 0 Å². The van der Waals surface area contributed by atoms with Gasteiger partial charge in [0.2, 0.25) is 0 Å². The van der Waals surface area contributed by atoms with E-state index in [0.29, 0.717) is 6.04 Å². The molecule has 4 nitrogen and oxygen atoms in total. The number of aryl methyl sites for hydroxylation is 2. The lowest BCUT2D eigenvalue weighted by Crippen LogP contribution is -2.30. The second-order valence-corrected chi connectivity index (χ2v) is 4.75. The summed E-state index contributed by atoms with van der Waals surface area (Å²) >= 11 is 0. The number of hydrogen-bond acceptors (Lipinski definition) is 3. The van der Waals surface area contributed by atoms with Crippen molar-refractivity contribution in [1.82, 2.24) is 20.1 Å². The zero-order chi connectivity index (χ0) is 13.0. The molecule has 0 amide bonds. The Morgan fingerprint density at radius 3 is 2.83 bits per heavy atom. The Bertz CT molecular complexity index is 490. The molecule has 1 N–H and O–H groups in total. The predicted octanol–water partition coefficient (Wildman–Crippen LogP) is 2.07. The monoisotopic (exact) mass is 244 g/mol. The van der Waals surface area contributed by atoms with E-state index in [0.717, 1.165) is 18.8 Å². The summed E-state index contributed by atoms with van der Waals surface area (Å²) in [5.74, 6) is 0. The number of nitrogens with zero attached hydrogens (tertiary/aromatic N) is 3. The second kappa shape index (κ2) is 5.78. The van der Waals surface area contributed by atoms with Crippen molar-refractivity contribution in [3.8, 4) is 0 Å². The zero-order valence-electron chi connectivity index (χ0n) is 11.2. The summed E-state index contributed by atoms with van der Waals surface area (Å²) in [6, 6.07) is 6.52. The van der Waals surface area contributed by atoms with Crippen LogP contribution in [0.4, 0.5) is 0 Å². The molecule has 0 aliphatic rings. The molecule has 0 saturated carbocycles. The highest BCUT2D eigenvalue weighted by molar-refractivity contribution is 5.08.